The number of hydrogen-bond donors (Lipinski definition) is 3. The van der Waals surface area contributed by atoms with Crippen LogP contribution in [-0.2, 0) is 21.1 Å². The number of carbonyl (C=O) groups is 2. The van der Waals surface area contributed by atoms with Crippen molar-refractivity contribution in [1.82, 2.24) is 5.32 Å². The van der Waals surface area contributed by atoms with E-state index in [0.717, 1.165) is 5.56 Å². The maximum absolute atomic E-state index is 12.9. The van der Waals surface area contributed by atoms with Gasteiger partial charge in [-0.05, 0) is 29.8 Å². The maximum Gasteiger partial charge on any atom is 0.326 e. The fourth-order valence-electron chi connectivity index (χ4n) is 2.90. The Labute approximate surface area is 174 Å². The van der Waals surface area contributed by atoms with E-state index in [1.807, 2.05) is 6.07 Å². The zero-order valence-electron chi connectivity index (χ0n) is 15.9. The molecule has 8 heteroatoms. The third kappa shape index (κ3) is 5.03. The monoisotopic (exact) mass is 424 g/mol. The van der Waals surface area contributed by atoms with Gasteiger partial charge < -0.3 is 15.7 Å². The van der Waals surface area contributed by atoms with Gasteiger partial charge in [-0.3, -0.25) is 0 Å². The van der Waals surface area contributed by atoms with Crippen molar-refractivity contribution in [3.8, 4) is 0 Å². The number of hydrogen-bond acceptors (Lipinski definition) is 4. The minimum atomic E-state index is -3.87. The molecule has 0 radical (unpaired) electrons. The van der Waals surface area contributed by atoms with Crippen LogP contribution < -0.4 is 10.6 Å². The molecule has 1 atom stereocenters. The predicted molar refractivity (Wildman–Crippen MR) is 112 cm³/mol. The summed E-state index contributed by atoms with van der Waals surface area (Å²) in [6.45, 7) is 0. The normalized spacial score (nSPS) is 12.0. The second kappa shape index (κ2) is 9.23. The van der Waals surface area contributed by atoms with Crippen LogP contribution in [0.2, 0.25) is 0 Å². The smallest absolute Gasteiger partial charge is 0.326 e. The van der Waals surface area contributed by atoms with E-state index >= 15 is 0 Å². The van der Waals surface area contributed by atoms with Gasteiger partial charge in [0.2, 0.25) is 9.84 Å². The predicted octanol–water partition coefficient (Wildman–Crippen LogP) is 3.34. The number of carbonyl (C=O) groups excluding carboxylic acids is 1. The van der Waals surface area contributed by atoms with Crippen LogP contribution >= 0.6 is 0 Å². The van der Waals surface area contributed by atoms with E-state index in [9.17, 15) is 23.1 Å². The van der Waals surface area contributed by atoms with Crippen molar-refractivity contribution in [3.05, 3.63) is 90.5 Å². The van der Waals surface area contributed by atoms with Gasteiger partial charge in [0.1, 0.15) is 6.04 Å². The molecule has 0 spiro atoms. The molecule has 2 amide bonds. The van der Waals surface area contributed by atoms with Crippen molar-refractivity contribution in [1.29, 1.82) is 0 Å². The Kier molecular flexibility index (Phi) is 6.48. The number of amides is 2. The number of benzene rings is 3. The highest BCUT2D eigenvalue weighted by atomic mass is 32.2. The van der Waals surface area contributed by atoms with Gasteiger partial charge in [0.05, 0.1) is 15.5 Å². The summed E-state index contributed by atoms with van der Waals surface area (Å²) in [5.41, 5.74) is 0.806. The van der Waals surface area contributed by atoms with Crippen molar-refractivity contribution >= 4 is 27.5 Å². The molecular weight excluding hydrogens is 404 g/mol. The zero-order valence-corrected chi connectivity index (χ0v) is 16.7. The van der Waals surface area contributed by atoms with Crippen molar-refractivity contribution in [2.75, 3.05) is 5.32 Å². The van der Waals surface area contributed by atoms with Gasteiger partial charge in [0.15, 0.2) is 0 Å². The van der Waals surface area contributed by atoms with E-state index in [1.165, 1.54) is 24.3 Å². The van der Waals surface area contributed by atoms with Gasteiger partial charge in [-0.25, -0.2) is 18.0 Å². The molecule has 0 aliphatic rings. The topological polar surface area (TPSA) is 113 Å². The van der Waals surface area contributed by atoms with Gasteiger partial charge in [0, 0.05) is 6.42 Å². The maximum atomic E-state index is 12.9. The molecule has 3 N–H and O–H groups in total. The van der Waals surface area contributed by atoms with E-state index in [-0.39, 0.29) is 21.9 Å². The number of urea groups is 1. The molecule has 0 aliphatic carbocycles. The summed E-state index contributed by atoms with van der Waals surface area (Å²) in [4.78, 5) is 24.0. The number of aliphatic carboxylic acids is 1. The summed E-state index contributed by atoms with van der Waals surface area (Å²) in [7, 11) is -3.87. The summed E-state index contributed by atoms with van der Waals surface area (Å²) >= 11 is 0. The summed E-state index contributed by atoms with van der Waals surface area (Å²) in [5.74, 6) is -1.20. The first-order valence-corrected chi connectivity index (χ1v) is 10.6. The summed E-state index contributed by atoms with van der Waals surface area (Å²) < 4.78 is 25.9. The van der Waals surface area contributed by atoms with E-state index < -0.39 is 27.9 Å². The quantitative estimate of drug-likeness (QED) is 0.538. The minimum Gasteiger partial charge on any atom is -0.480 e. The third-order valence-electron chi connectivity index (χ3n) is 4.36. The molecule has 3 aromatic carbocycles. The van der Waals surface area contributed by atoms with Gasteiger partial charge in [-0.1, -0.05) is 60.7 Å². The highest BCUT2D eigenvalue weighted by Gasteiger charge is 2.24. The first-order chi connectivity index (χ1) is 14.4. The second-order valence-electron chi connectivity index (χ2n) is 6.49. The van der Waals surface area contributed by atoms with Gasteiger partial charge in [-0.15, -0.1) is 0 Å². The van der Waals surface area contributed by atoms with Crippen LogP contribution in [0.4, 0.5) is 10.5 Å². The summed E-state index contributed by atoms with van der Waals surface area (Å²) in [5, 5.41) is 14.3. The molecule has 30 heavy (non-hydrogen) atoms. The lowest BCUT2D eigenvalue weighted by molar-refractivity contribution is -0.139. The average Bonchev–Trinajstić information content (AvgIpc) is 2.75. The van der Waals surface area contributed by atoms with Gasteiger partial charge in [0.25, 0.3) is 0 Å². The van der Waals surface area contributed by atoms with Gasteiger partial charge >= 0.3 is 12.0 Å². The molecule has 0 saturated heterocycles. The Balaban J connectivity index is 1.79. The van der Waals surface area contributed by atoms with Crippen molar-refractivity contribution in [2.24, 2.45) is 0 Å². The number of para-hydroxylation sites is 1. The Morgan fingerprint density at radius 1 is 0.833 bits per heavy atom. The number of anilines is 1. The van der Waals surface area contributed by atoms with Gasteiger partial charge in [-0.2, -0.15) is 0 Å². The lowest BCUT2D eigenvalue weighted by atomic mass is 10.1. The van der Waals surface area contributed by atoms with Crippen LogP contribution in [0, 0.1) is 0 Å². The molecule has 0 fully saturated rings. The Morgan fingerprint density at radius 3 is 2.03 bits per heavy atom. The van der Waals surface area contributed by atoms with E-state index in [2.05, 4.69) is 10.6 Å². The zero-order chi connectivity index (χ0) is 21.6. The van der Waals surface area contributed by atoms with Crippen LogP contribution in [0.5, 0.6) is 0 Å². The molecule has 0 saturated carbocycles. The number of carboxylic acid groups (broad SMARTS) is 1. The molecule has 7 nitrogen and oxygen atoms in total. The van der Waals surface area contributed by atoms with E-state index in [0.29, 0.717) is 0 Å². The molecule has 3 aromatic rings. The molecule has 0 heterocycles. The average molecular weight is 424 g/mol. The standard InChI is InChI=1S/C22H20N2O5S/c25-21(26)19(15-16-9-3-1-4-10-16)24-22(27)23-18-13-7-8-14-20(18)30(28,29)17-11-5-2-6-12-17/h1-14,19H,15H2,(H,25,26)(H2,23,24,27). The Hall–Kier alpha value is -3.65. The fraction of sp³-hybridized carbons (Fsp3) is 0.0909. The van der Waals surface area contributed by atoms with Crippen molar-refractivity contribution in [2.45, 2.75) is 22.3 Å². The van der Waals surface area contributed by atoms with Crippen LogP contribution in [0.3, 0.4) is 0 Å². The highest BCUT2D eigenvalue weighted by molar-refractivity contribution is 7.91. The SMILES string of the molecule is O=C(Nc1ccccc1S(=O)(=O)c1ccccc1)NC(Cc1ccccc1)C(=O)O. The van der Waals surface area contributed by atoms with Crippen LogP contribution in [-0.4, -0.2) is 31.6 Å². The summed E-state index contributed by atoms with van der Waals surface area (Å²) in [6, 6.07) is 20.7. The summed E-state index contributed by atoms with van der Waals surface area (Å²) in [6.07, 6.45) is 0.0908. The highest BCUT2D eigenvalue weighted by Crippen LogP contribution is 2.27. The number of rotatable bonds is 7. The number of sulfone groups is 1. The van der Waals surface area contributed by atoms with Crippen molar-refractivity contribution in [3.63, 3.8) is 0 Å². The Morgan fingerprint density at radius 2 is 1.40 bits per heavy atom. The second-order valence-corrected chi connectivity index (χ2v) is 8.41. The minimum absolute atomic E-state index is 0.0581. The van der Waals surface area contributed by atoms with E-state index in [4.69, 9.17) is 0 Å². The van der Waals surface area contributed by atoms with E-state index in [1.54, 1.807) is 54.6 Å². The number of carboxylic acids is 1. The first kappa shape index (κ1) is 21.1. The molecule has 0 aliphatic heterocycles. The van der Waals surface area contributed by atoms with Crippen LogP contribution in [0.15, 0.2) is 94.7 Å². The molecule has 154 valence electrons. The van der Waals surface area contributed by atoms with Crippen LogP contribution in [0.25, 0.3) is 0 Å². The fourth-order valence-corrected chi connectivity index (χ4v) is 4.33. The third-order valence-corrected chi connectivity index (χ3v) is 6.19. The molecule has 0 bridgehead atoms. The van der Waals surface area contributed by atoms with Crippen LogP contribution in [0.1, 0.15) is 5.56 Å². The molecule has 0 aromatic heterocycles. The largest absolute Gasteiger partial charge is 0.480 e. The molecular formula is C22H20N2O5S. The Bertz CT molecular complexity index is 1130. The number of nitrogens with one attached hydrogen (secondary N) is 2. The lowest BCUT2D eigenvalue weighted by Crippen LogP contribution is -2.44. The molecule has 1 unspecified atom stereocenters. The molecule has 3 rings (SSSR count). The first-order valence-electron chi connectivity index (χ1n) is 9.11. The lowest BCUT2D eigenvalue weighted by Gasteiger charge is -2.17. The van der Waals surface area contributed by atoms with Crippen molar-refractivity contribution < 1.29 is 23.1 Å².